The molecule has 0 fully saturated rings. The molecule has 2 aromatic rings. The SMILES string of the molecule is CC(=O)N(CCNC(=O)c1ccccc1C)c1cc(Cl)ccc1Cl. The van der Waals surface area contributed by atoms with E-state index in [0.717, 1.165) is 5.56 Å². The van der Waals surface area contributed by atoms with E-state index in [0.29, 0.717) is 34.4 Å². The third kappa shape index (κ3) is 4.49. The summed E-state index contributed by atoms with van der Waals surface area (Å²) in [5.41, 5.74) is 2.05. The fourth-order valence-corrected chi connectivity index (χ4v) is 2.73. The van der Waals surface area contributed by atoms with Crippen molar-refractivity contribution >= 4 is 40.7 Å². The van der Waals surface area contributed by atoms with Crippen molar-refractivity contribution in [2.75, 3.05) is 18.0 Å². The van der Waals surface area contributed by atoms with Gasteiger partial charge in [0.15, 0.2) is 0 Å². The van der Waals surface area contributed by atoms with Crippen LogP contribution in [0.2, 0.25) is 10.0 Å². The highest BCUT2D eigenvalue weighted by molar-refractivity contribution is 6.35. The minimum Gasteiger partial charge on any atom is -0.350 e. The van der Waals surface area contributed by atoms with Gasteiger partial charge in [-0.3, -0.25) is 9.59 Å². The number of rotatable bonds is 5. The third-order valence-electron chi connectivity index (χ3n) is 3.59. The molecule has 0 radical (unpaired) electrons. The Labute approximate surface area is 151 Å². The molecular weight excluding hydrogens is 347 g/mol. The van der Waals surface area contributed by atoms with E-state index >= 15 is 0 Å². The van der Waals surface area contributed by atoms with Crippen LogP contribution in [0.4, 0.5) is 5.69 Å². The minimum absolute atomic E-state index is 0.172. The van der Waals surface area contributed by atoms with Crippen LogP contribution in [-0.2, 0) is 4.79 Å². The van der Waals surface area contributed by atoms with Gasteiger partial charge in [-0.2, -0.15) is 0 Å². The first-order valence-electron chi connectivity index (χ1n) is 7.47. The van der Waals surface area contributed by atoms with Crippen LogP contribution in [0.15, 0.2) is 42.5 Å². The summed E-state index contributed by atoms with van der Waals surface area (Å²) in [6.07, 6.45) is 0. The number of benzene rings is 2. The Kier molecular flexibility index (Phi) is 6.23. The Morgan fingerprint density at radius 1 is 1.12 bits per heavy atom. The summed E-state index contributed by atoms with van der Waals surface area (Å²) < 4.78 is 0. The van der Waals surface area contributed by atoms with Crippen molar-refractivity contribution in [2.45, 2.75) is 13.8 Å². The minimum atomic E-state index is -0.177. The van der Waals surface area contributed by atoms with E-state index in [1.165, 1.54) is 11.8 Å². The van der Waals surface area contributed by atoms with Crippen LogP contribution in [0, 0.1) is 6.92 Å². The molecule has 0 saturated heterocycles. The molecule has 2 rings (SSSR count). The normalized spacial score (nSPS) is 10.3. The molecule has 24 heavy (non-hydrogen) atoms. The lowest BCUT2D eigenvalue weighted by atomic mass is 10.1. The second kappa shape index (κ2) is 8.18. The van der Waals surface area contributed by atoms with Gasteiger partial charge in [-0.15, -0.1) is 0 Å². The molecule has 0 bridgehead atoms. The van der Waals surface area contributed by atoms with Crippen LogP contribution >= 0.6 is 23.2 Å². The molecule has 1 N–H and O–H groups in total. The van der Waals surface area contributed by atoms with E-state index in [-0.39, 0.29) is 11.8 Å². The Bertz CT molecular complexity index is 762. The molecule has 2 aromatic carbocycles. The first-order valence-corrected chi connectivity index (χ1v) is 8.22. The van der Waals surface area contributed by atoms with Gasteiger partial charge in [0.25, 0.3) is 5.91 Å². The molecule has 2 amide bonds. The van der Waals surface area contributed by atoms with Gasteiger partial charge in [-0.25, -0.2) is 0 Å². The Morgan fingerprint density at radius 3 is 2.50 bits per heavy atom. The second-order valence-electron chi connectivity index (χ2n) is 5.34. The zero-order valence-electron chi connectivity index (χ0n) is 13.5. The van der Waals surface area contributed by atoms with Gasteiger partial charge in [0, 0.05) is 30.6 Å². The molecule has 0 atom stereocenters. The molecule has 0 aliphatic rings. The number of hydrogen-bond donors (Lipinski definition) is 1. The number of carbonyl (C=O) groups is 2. The van der Waals surface area contributed by atoms with Gasteiger partial charge in [0.1, 0.15) is 0 Å². The quantitative estimate of drug-likeness (QED) is 0.868. The highest BCUT2D eigenvalue weighted by atomic mass is 35.5. The van der Waals surface area contributed by atoms with Crippen molar-refractivity contribution in [1.82, 2.24) is 5.32 Å². The summed E-state index contributed by atoms with van der Waals surface area (Å²) in [7, 11) is 0. The van der Waals surface area contributed by atoms with Crippen molar-refractivity contribution in [2.24, 2.45) is 0 Å². The molecule has 0 heterocycles. The number of nitrogens with one attached hydrogen (secondary N) is 1. The summed E-state index contributed by atoms with van der Waals surface area (Å²) in [4.78, 5) is 25.6. The fourth-order valence-electron chi connectivity index (χ4n) is 2.34. The van der Waals surface area contributed by atoms with Crippen LogP contribution in [0.25, 0.3) is 0 Å². The standard InChI is InChI=1S/C18H18Cl2N2O2/c1-12-5-3-4-6-15(12)18(24)21-9-10-22(13(2)23)17-11-14(19)7-8-16(17)20/h3-8,11H,9-10H2,1-2H3,(H,21,24). The number of carbonyl (C=O) groups excluding carboxylic acids is 2. The lowest BCUT2D eigenvalue weighted by Crippen LogP contribution is -2.37. The smallest absolute Gasteiger partial charge is 0.251 e. The van der Waals surface area contributed by atoms with E-state index in [1.54, 1.807) is 24.3 Å². The molecule has 0 unspecified atom stereocenters. The summed E-state index contributed by atoms with van der Waals surface area (Å²) in [5, 5.41) is 3.74. The largest absolute Gasteiger partial charge is 0.350 e. The van der Waals surface area contributed by atoms with E-state index in [1.807, 2.05) is 25.1 Å². The highest BCUT2D eigenvalue weighted by Crippen LogP contribution is 2.29. The summed E-state index contributed by atoms with van der Waals surface area (Å²) in [6, 6.07) is 12.3. The Hall–Kier alpha value is -2.04. The molecular formula is C18H18Cl2N2O2. The lowest BCUT2D eigenvalue weighted by molar-refractivity contribution is -0.116. The topological polar surface area (TPSA) is 49.4 Å². The van der Waals surface area contributed by atoms with Crippen LogP contribution in [0.1, 0.15) is 22.8 Å². The van der Waals surface area contributed by atoms with Crippen molar-refractivity contribution in [3.8, 4) is 0 Å². The second-order valence-corrected chi connectivity index (χ2v) is 6.18. The molecule has 126 valence electrons. The molecule has 0 aliphatic heterocycles. The number of aryl methyl sites for hydroxylation is 1. The first-order chi connectivity index (χ1) is 11.4. The van der Waals surface area contributed by atoms with Crippen molar-refractivity contribution in [1.29, 1.82) is 0 Å². The predicted octanol–water partition coefficient (Wildman–Crippen LogP) is 4.08. The average molecular weight is 365 g/mol. The molecule has 4 nitrogen and oxygen atoms in total. The number of amides is 2. The molecule has 0 spiro atoms. The zero-order chi connectivity index (χ0) is 17.7. The maximum Gasteiger partial charge on any atom is 0.251 e. The number of nitrogens with zero attached hydrogens (tertiary/aromatic N) is 1. The zero-order valence-corrected chi connectivity index (χ0v) is 15.0. The number of anilines is 1. The van der Waals surface area contributed by atoms with Gasteiger partial charge in [0.2, 0.25) is 5.91 Å². The molecule has 0 aromatic heterocycles. The van der Waals surface area contributed by atoms with Gasteiger partial charge in [0.05, 0.1) is 10.7 Å². The summed E-state index contributed by atoms with van der Waals surface area (Å²) in [5.74, 6) is -0.349. The molecule has 0 saturated carbocycles. The third-order valence-corrected chi connectivity index (χ3v) is 4.14. The van der Waals surface area contributed by atoms with Gasteiger partial charge < -0.3 is 10.2 Å². The number of hydrogen-bond acceptors (Lipinski definition) is 2. The van der Waals surface area contributed by atoms with Crippen molar-refractivity contribution in [3.63, 3.8) is 0 Å². The fraction of sp³-hybridized carbons (Fsp3) is 0.222. The van der Waals surface area contributed by atoms with Crippen molar-refractivity contribution in [3.05, 3.63) is 63.6 Å². The van der Waals surface area contributed by atoms with Crippen LogP contribution in [0.5, 0.6) is 0 Å². The van der Waals surface area contributed by atoms with Gasteiger partial charge in [-0.1, -0.05) is 41.4 Å². The van der Waals surface area contributed by atoms with E-state index in [9.17, 15) is 9.59 Å². The maximum absolute atomic E-state index is 12.2. The lowest BCUT2D eigenvalue weighted by Gasteiger charge is -2.23. The number of halogens is 2. The molecule has 6 heteroatoms. The Morgan fingerprint density at radius 2 is 1.83 bits per heavy atom. The highest BCUT2D eigenvalue weighted by Gasteiger charge is 2.16. The van der Waals surface area contributed by atoms with Crippen molar-refractivity contribution < 1.29 is 9.59 Å². The van der Waals surface area contributed by atoms with E-state index in [4.69, 9.17) is 23.2 Å². The summed E-state index contributed by atoms with van der Waals surface area (Å²) in [6.45, 7) is 3.92. The van der Waals surface area contributed by atoms with E-state index < -0.39 is 0 Å². The molecule has 0 aliphatic carbocycles. The summed E-state index contributed by atoms with van der Waals surface area (Å²) >= 11 is 12.1. The van der Waals surface area contributed by atoms with Crippen LogP contribution < -0.4 is 10.2 Å². The van der Waals surface area contributed by atoms with Crippen LogP contribution in [-0.4, -0.2) is 24.9 Å². The van der Waals surface area contributed by atoms with Crippen LogP contribution in [0.3, 0.4) is 0 Å². The average Bonchev–Trinajstić information content (AvgIpc) is 2.54. The predicted molar refractivity (Wildman–Crippen MR) is 98.0 cm³/mol. The first kappa shape index (κ1) is 18.3. The maximum atomic E-state index is 12.2. The Balaban J connectivity index is 2.05. The van der Waals surface area contributed by atoms with Gasteiger partial charge in [-0.05, 0) is 36.8 Å². The monoisotopic (exact) mass is 364 g/mol. The van der Waals surface area contributed by atoms with Gasteiger partial charge >= 0.3 is 0 Å². The van der Waals surface area contributed by atoms with E-state index in [2.05, 4.69) is 5.32 Å².